The molecule has 0 fully saturated rings. The molecular weight excluding hydrogens is 254 g/mol. The molecule has 0 unspecified atom stereocenters. The minimum Gasteiger partial charge on any atom is -0.398 e. The smallest absolute Gasteiger partial charge is 0.0376 e. The Morgan fingerprint density at radius 3 is 1.86 bits per heavy atom. The zero-order valence-corrected chi connectivity index (χ0v) is 14.0. The maximum atomic E-state index is 6.15. The standard InChI is InChI=1S/C20H27N/c1-6-18-11-16(8-13(3)15(18)5)10-17-9-14(4)20(21)19(7-2)12-17/h8-9,11-12H,6-7,10,21H2,1-5H3. The molecule has 0 heterocycles. The largest absolute Gasteiger partial charge is 0.398 e. The summed E-state index contributed by atoms with van der Waals surface area (Å²) in [6.45, 7) is 10.9. The first-order valence-electron chi connectivity index (χ1n) is 7.93. The predicted octanol–water partition coefficient (Wildman–Crippen LogP) is 4.91. The molecule has 2 aromatic rings. The number of rotatable bonds is 4. The average Bonchev–Trinajstić information content (AvgIpc) is 2.46. The Balaban J connectivity index is 2.38. The van der Waals surface area contributed by atoms with Crippen molar-refractivity contribution in [2.75, 3.05) is 5.73 Å². The maximum Gasteiger partial charge on any atom is 0.0376 e. The van der Waals surface area contributed by atoms with Crippen molar-refractivity contribution in [1.29, 1.82) is 0 Å². The highest BCUT2D eigenvalue weighted by molar-refractivity contribution is 5.55. The van der Waals surface area contributed by atoms with E-state index in [1.54, 1.807) is 0 Å². The Morgan fingerprint density at radius 1 is 0.762 bits per heavy atom. The highest BCUT2D eigenvalue weighted by Gasteiger charge is 2.07. The van der Waals surface area contributed by atoms with E-state index in [1.807, 2.05) is 0 Å². The second-order valence-electron chi connectivity index (χ2n) is 6.07. The molecule has 0 aliphatic heterocycles. The Kier molecular flexibility index (Phi) is 4.72. The van der Waals surface area contributed by atoms with Crippen molar-refractivity contribution in [3.63, 3.8) is 0 Å². The lowest BCUT2D eigenvalue weighted by atomic mass is 9.93. The van der Waals surface area contributed by atoms with E-state index >= 15 is 0 Å². The van der Waals surface area contributed by atoms with Crippen molar-refractivity contribution in [2.45, 2.75) is 53.9 Å². The van der Waals surface area contributed by atoms with E-state index in [1.165, 1.54) is 38.9 Å². The number of anilines is 1. The molecule has 2 N–H and O–H groups in total. The van der Waals surface area contributed by atoms with Crippen LogP contribution in [0.4, 0.5) is 5.69 Å². The molecule has 21 heavy (non-hydrogen) atoms. The van der Waals surface area contributed by atoms with Gasteiger partial charge in [-0.1, -0.05) is 38.1 Å². The zero-order chi connectivity index (χ0) is 15.6. The quantitative estimate of drug-likeness (QED) is 0.792. The first kappa shape index (κ1) is 15.6. The van der Waals surface area contributed by atoms with E-state index in [-0.39, 0.29) is 0 Å². The van der Waals surface area contributed by atoms with Crippen LogP contribution in [0.3, 0.4) is 0 Å². The van der Waals surface area contributed by atoms with Crippen molar-refractivity contribution in [1.82, 2.24) is 0 Å². The van der Waals surface area contributed by atoms with Crippen LogP contribution in [0, 0.1) is 20.8 Å². The van der Waals surface area contributed by atoms with Gasteiger partial charge in [0, 0.05) is 5.69 Å². The summed E-state index contributed by atoms with van der Waals surface area (Å²) in [5.74, 6) is 0. The second kappa shape index (κ2) is 6.34. The molecule has 0 bridgehead atoms. The molecule has 112 valence electrons. The molecule has 0 spiro atoms. The molecule has 0 radical (unpaired) electrons. The van der Waals surface area contributed by atoms with E-state index in [4.69, 9.17) is 5.73 Å². The normalized spacial score (nSPS) is 10.9. The maximum absolute atomic E-state index is 6.15. The van der Waals surface area contributed by atoms with Gasteiger partial charge in [0.1, 0.15) is 0 Å². The predicted molar refractivity (Wildman–Crippen MR) is 93.1 cm³/mol. The van der Waals surface area contributed by atoms with Crippen molar-refractivity contribution in [3.8, 4) is 0 Å². The summed E-state index contributed by atoms with van der Waals surface area (Å²) in [5.41, 5.74) is 16.6. The lowest BCUT2D eigenvalue weighted by molar-refractivity contribution is 1.06. The van der Waals surface area contributed by atoms with Crippen LogP contribution in [-0.2, 0) is 19.3 Å². The van der Waals surface area contributed by atoms with Crippen molar-refractivity contribution in [3.05, 3.63) is 63.2 Å². The number of hydrogen-bond donors (Lipinski definition) is 1. The fourth-order valence-electron chi connectivity index (χ4n) is 3.07. The molecule has 0 saturated carbocycles. The molecule has 1 nitrogen and oxygen atoms in total. The molecule has 0 aliphatic rings. The summed E-state index contributed by atoms with van der Waals surface area (Å²) < 4.78 is 0. The van der Waals surface area contributed by atoms with Gasteiger partial charge in [0.2, 0.25) is 0 Å². The SMILES string of the molecule is CCc1cc(Cc2cc(C)c(N)c(CC)c2)cc(C)c1C. The van der Waals surface area contributed by atoms with Gasteiger partial charge >= 0.3 is 0 Å². The molecule has 1 heteroatoms. The average molecular weight is 281 g/mol. The Morgan fingerprint density at radius 2 is 1.29 bits per heavy atom. The van der Waals surface area contributed by atoms with Crippen LogP contribution in [0.2, 0.25) is 0 Å². The fraction of sp³-hybridized carbons (Fsp3) is 0.400. The fourth-order valence-corrected chi connectivity index (χ4v) is 3.07. The van der Waals surface area contributed by atoms with E-state index in [9.17, 15) is 0 Å². The number of nitrogen functional groups attached to an aromatic ring is 1. The van der Waals surface area contributed by atoms with Crippen LogP contribution >= 0.6 is 0 Å². The number of nitrogens with two attached hydrogens (primary N) is 1. The molecule has 2 rings (SSSR count). The Bertz CT molecular complexity index is 596. The molecule has 0 saturated heterocycles. The van der Waals surface area contributed by atoms with Crippen LogP contribution in [0.1, 0.15) is 52.8 Å². The van der Waals surface area contributed by atoms with Gasteiger partial charge in [-0.15, -0.1) is 0 Å². The van der Waals surface area contributed by atoms with Gasteiger partial charge in [-0.05, 0) is 79.0 Å². The number of hydrogen-bond acceptors (Lipinski definition) is 1. The molecule has 0 aliphatic carbocycles. The lowest BCUT2D eigenvalue weighted by Gasteiger charge is -2.13. The summed E-state index contributed by atoms with van der Waals surface area (Å²) in [5, 5.41) is 0. The van der Waals surface area contributed by atoms with Crippen molar-refractivity contribution < 1.29 is 0 Å². The summed E-state index contributed by atoms with van der Waals surface area (Å²) in [6, 6.07) is 9.18. The summed E-state index contributed by atoms with van der Waals surface area (Å²) in [7, 11) is 0. The van der Waals surface area contributed by atoms with Gasteiger partial charge < -0.3 is 5.73 Å². The third-order valence-electron chi connectivity index (χ3n) is 4.54. The van der Waals surface area contributed by atoms with Gasteiger partial charge in [-0.3, -0.25) is 0 Å². The molecule has 0 aromatic heterocycles. The third-order valence-corrected chi connectivity index (χ3v) is 4.54. The first-order chi connectivity index (χ1) is 9.96. The first-order valence-corrected chi connectivity index (χ1v) is 7.93. The van der Waals surface area contributed by atoms with Gasteiger partial charge in [-0.2, -0.15) is 0 Å². The molecular formula is C20H27N. The van der Waals surface area contributed by atoms with E-state index in [0.29, 0.717) is 0 Å². The van der Waals surface area contributed by atoms with E-state index in [0.717, 1.165) is 24.9 Å². The molecule has 0 amide bonds. The van der Waals surface area contributed by atoms with Crippen LogP contribution in [0.25, 0.3) is 0 Å². The Hall–Kier alpha value is -1.76. The van der Waals surface area contributed by atoms with Crippen LogP contribution < -0.4 is 5.73 Å². The Labute approximate surface area is 129 Å². The van der Waals surface area contributed by atoms with E-state index in [2.05, 4.69) is 58.9 Å². The van der Waals surface area contributed by atoms with Crippen LogP contribution in [0.5, 0.6) is 0 Å². The van der Waals surface area contributed by atoms with Gasteiger partial charge in [0.25, 0.3) is 0 Å². The van der Waals surface area contributed by atoms with Crippen LogP contribution in [0.15, 0.2) is 24.3 Å². The second-order valence-corrected chi connectivity index (χ2v) is 6.07. The third kappa shape index (κ3) is 3.29. The van der Waals surface area contributed by atoms with Crippen molar-refractivity contribution >= 4 is 5.69 Å². The van der Waals surface area contributed by atoms with Gasteiger partial charge in [0.15, 0.2) is 0 Å². The summed E-state index contributed by atoms with van der Waals surface area (Å²) >= 11 is 0. The van der Waals surface area contributed by atoms with Gasteiger partial charge in [0.05, 0.1) is 0 Å². The van der Waals surface area contributed by atoms with Crippen LogP contribution in [-0.4, -0.2) is 0 Å². The highest BCUT2D eigenvalue weighted by atomic mass is 14.6. The minimum atomic E-state index is 0.954. The zero-order valence-electron chi connectivity index (χ0n) is 14.0. The van der Waals surface area contributed by atoms with Gasteiger partial charge in [-0.25, -0.2) is 0 Å². The molecule has 0 atom stereocenters. The monoisotopic (exact) mass is 281 g/mol. The highest BCUT2D eigenvalue weighted by Crippen LogP contribution is 2.24. The topological polar surface area (TPSA) is 26.0 Å². The number of benzene rings is 2. The molecule has 2 aromatic carbocycles. The summed E-state index contributed by atoms with van der Waals surface area (Å²) in [6.07, 6.45) is 3.08. The summed E-state index contributed by atoms with van der Waals surface area (Å²) in [4.78, 5) is 0. The minimum absolute atomic E-state index is 0.954. The van der Waals surface area contributed by atoms with E-state index < -0.39 is 0 Å². The number of aryl methyl sites for hydroxylation is 4. The van der Waals surface area contributed by atoms with Crippen molar-refractivity contribution in [2.24, 2.45) is 0 Å². The lowest BCUT2D eigenvalue weighted by Crippen LogP contribution is -2.01.